The third-order valence-electron chi connectivity index (χ3n) is 4.57. The van der Waals surface area contributed by atoms with Crippen LogP contribution < -0.4 is 31.2 Å². The second-order valence-corrected chi connectivity index (χ2v) is 8.24. The van der Waals surface area contributed by atoms with E-state index in [-0.39, 0.29) is 23.8 Å². The minimum Gasteiger partial charge on any atom is -0.635 e. The van der Waals surface area contributed by atoms with Crippen LogP contribution in [0.5, 0.6) is 0 Å². The molecule has 15 heteroatoms. The van der Waals surface area contributed by atoms with E-state index in [4.69, 9.17) is 21.2 Å². The number of carbonyl (C=O) groups excluding carboxylic acids is 1. The van der Waals surface area contributed by atoms with Gasteiger partial charge in [0.2, 0.25) is 5.96 Å². The van der Waals surface area contributed by atoms with Crippen LogP contribution in [0, 0.1) is 5.82 Å². The summed E-state index contributed by atoms with van der Waals surface area (Å²) in [5, 5.41) is 4.92. The van der Waals surface area contributed by atoms with Crippen molar-refractivity contribution < 1.29 is 33.1 Å². The third-order valence-corrected chi connectivity index (χ3v) is 5.04. The number of hydrogen-bond acceptors (Lipinski definition) is 10. The van der Waals surface area contributed by atoms with Crippen molar-refractivity contribution >= 4 is 31.7 Å². The van der Waals surface area contributed by atoms with Crippen molar-refractivity contribution in [2.75, 3.05) is 37.0 Å². The molecule has 1 atom stereocenters. The van der Waals surface area contributed by atoms with Gasteiger partial charge in [-0.1, -0.05) is 0 Å². The number of hydrazone groups is 1. The van der Waals surface area contributed by atoms with Crippen molar-refractivity contribution in [2.24, 2.45) is 16.7 Å². The number of hydrogen-bond donors (Lipinski definition) is 3. The van der Waals surface area contributed by atoms with E-state index < -0.39 is 32.8 Å². The van der Waals surface area contributed by atoms with E-state index in [1.54, 1.807) is 19.2 Å². The molecule has 1 aliphatic rings. The van der Waals surface area contributed by atoms with Gasteiger partial charge in [-0.3, -0.25) is 9.80 Å². The normalized spacial score (nSPS) is 16.7. The van der Waals surface area contributed by atoms with Crippen LogP contribution >= 0.6 is 8.17 Å². The Labute approximate surface area is 188 Å². The highest BCUT2D eigenvalue weighted by Crippen LogP contribution is 2.36. The van der Waals surface area contributed by atoms with E-state index >= 15 is 0 Å². The minimum atomic E-state index is -4.95. The van der Waals surface area contributed by atoms with Crippen LogP contribution in [0.25, 0.3) is 11.1 Å². The molecule has 1 amide bonds. The molecule has 0 radical (unpaired) electrons. The molecule has 1 aromatic carbocycles. The number of benzene rings is 1. The highest BCUT2D eigenvalue weighted by atomic mass is 31.2. The van der Waals surface area contributed by atoms with Gasteiger partial charge in [-0.15, -0.1) is 5.10 Å². The summed E-state index contributed by atoms with van der Waals surface area (Å²) in [6, 6.07) is 7.39. The number of guanidine groups is 1. The molecule has 1 aliphatic heterocycles. The summed E-state index contributed by atoms with van der Waals surface area (Å²) in [5.41, 5.74) is 6.75. The number of phosphoric acid groups is 1. The summed E-state index contributed by atoms with van der Waals surface area (Å²) in [5.74, 6) is 5.38. The summed E-state index contributed by atoms with van der Waals surface area (Å²) in [6.07, 6.45) is -0.291. The number of rotatable bonds is 7. The molecule has 33 heavy (non-hydrogen) atoms. The quantitative estimate of drug-likeness (QED) is 0.146. The van der Waals surface area contributed by atoms with Gasteiger partial charge in [0.15, 0.2) is 8.17 Å². The lowest BCUT2D eigenvalue weighted by Crippen LogP contribution is -2.37. The average Bonchev–Trinajstić information content (AvgIpc) is 3.11. The molecule has 13 nitrogen and oxygen atoms in total. The molecule has 1 aromatic heterocycles. The lowest BCUT2D eigenvalue weighted by Gasteiger charge is -2.25. The van der Waals surface area contributed by atoms with Gasteiger partial charge in [-0.05, 0) is 30.3 Å². The number of phosphoric ester groups is 1. The van der Waals surface area contributed by atoms with Crippen LogP contribution in [0.4, 0.5) is 20.7 Å². The topological polar surface area (TPSA) is 189 Å². The Balaban J connectivity index is 1.73. The van der Waals surface area contributed by atoms with Crippen LogP contribution in [-0.2, 0) is 9.26 Å². The lowest BCUT2D eigenvalue weighted by atomic mass is 10.1. The standard InChI is InChI=1S/C18H23FN7O6P/c1-24(17(20)23-25(2)21)16-6-3-11(8-22-16)14-5-4-12(7-15(14)19)26-9-13(32-18(26)27)10-31-33(28,29)30/h3-8,13H,9-10,21H2,1-2H3,(H2,20,23)(H2,28,29,30)/p-1/t13-/m1/s1. The van der Waals surface area contributed by atoms with Crippen molar-refractivity contribution in [3.63, 3.8) is 0 Å². The van der Waals surface area contributed by atoms with E-state index in [9.17, 15) is 19.0 Å². The van der Waals surface area contributed by atoms with Gasteiger partial charge in [0.25, 0.3) is 0 Å². The predicted molar refractivity (Wildman–Crippen MR) is 114 cm³/mol. The number of amides is 1. The van der Waals surface area contributed by atoms with Gasteiger partial charge in [0, 0.05) is 31.4 Å². The average molecular weight is 482 g/mol. The van der Waals surface area contributed by atoms with Gasteiger partial charge < -0.3 is 20.3 Å². The molecular formula is C18H22FN7O6P-. The van der Waals surface area contributed by atoms with E-state index in [1.807, 2.05) is 0 Å². The zero-order chi connectivity index (χ0) is 24.3. The van der Waals surface area contributed by atoms with Gasteiger partial charge in [0.1, 0.15) is 24.3 Å². The molecular weight excluding hydrogens is 460 g/mol. The SMILES string of the molecule is CN(N)/N=C(\N)N(C)c1ccc(-c2ccc(N3C[C@H](CO[P+]([O-])([O-])O)OC3=O)cc2F)cn1. The first kappa shape index (κ1) is 24.5. The molecule has 0 bridgehead atoms. The maximum atomic E-state index is 14.8. The van der Waals surface area contributed by atoms with Gasteiger partial charge >= 0.3 is 6.09 Å². The summed E-state index contributed by atoms with van der Waals surface area (Å²) < 4.78 is 24.1. The van der Waals surface area contributed by atoms with Crippen LogP contribution in [0.3, 0.4) is 0 Å². The summed E-state index contributed by atoms with van der Waals surface area (Å²) in [4.78, 5) is 49.0. The van der Waals surface area contributed by atoms with Crippen molar-refractivity contribution in [1.82, 2.24) is 10.1 Å². The van der Waals surface area contributed by atoms with Crippen LogP contribution in [0.2, 0.25) is 0 Å². The highest BCUT2D eigenvalue weighted by Gasteiger charge is 2.34. The molecule has 5 N–H and O–H groups in total. The summed E-state index contributed by atoms with van der Waals surface area (Å²) in [7, 11) is -1.79. The first-order chi connectivity index (χ1) is 15.4. The number of pyridine rings is 1. The summed E-state index contributed by atoms with van der Waals surface area (Å²) >= 11 is 0. The monoisotopic (exact) mass is 482 g/mol. The van der Waals surface area contributed by atoms with Crippen LogP contribution in [0.1, 0.15) is 0 Å². The second-order valence-electron chi connectivity index (χ2n) is 7.04. The molecule has 0 aliphatic carbocycles. The van der Waals surface area contributed by atoms with E-state index in [2.05, 4.69) is 14.6 Å². The first-order valence-electron chi connectivity index (χ1n) is 9.43. The minimum absolute atomic E-state index is 0.0822. The van der Waals surface area contributed by atoms with E-state index in [1.165, 1.54) is 30.3 Å². The lowest BCUT2D eigenvalue weighted by molar-refractivity contribution is -0.362. The summed E-state index contributed by atoms with van der Waals surface area (Å²) in [6.45, 7) is -0.634. The maximum absolute atomic E-state index is 14.8. The fourth-order valence-electron chi connectivity index (χ4n) is 2.99. The van der Waals surface area contributed by atoms with Crippen molar-refractivity contribution in [3.05, 3.63) is 42.3 Å². The number of carbonyl (C=O) groups is 1. The number of nitrogens with zero attached hydrogens (tertiary/aromatic N) is 5. The Hall–Kier alpha value is -3.13. The molecule has 3 rings (SSSR count). The molecule has 0 spiro atoms. The zero-order valence-electron chi connectivity index (χ0n) is 17.7. The molecule has 1 fully saturated rings. The number of hydrazine groups is 1. The second kappa shape index (κ2) is 9.79. The van der Waals surface area contributed by atoms with Gasteiger partial charge in [-0.2, -0.15) is 0 Å². The number of halogens is 1. The van der Waals surface area contributed by atoms with Crippen LogP contribution in [0.15, 0.2) is 41.6 Å². The van der Waals surface area contributed by atoms with Crippen molar-refractivity contribution in [2.45, 2.75) is 6.10 Å². The number of ether oxygens (including phenoxy) is 1. The third kappa shape index (κ3) is 6.22. The Morgan fingerprint density at radius 1 is 1.42 bits per heavy atom. The largest absolute Gasteiger partial charge is 0.635 e. The van der Waals surface area contributed by atoms with Gasteiger partial charge in [-0.25, -0.2) is 34.5 Å². The maximum Gasteiger partial charge on any atom is 0.414 e. The molecule has 2 aromatic rings. The number of nitrogens with two attached hydrogens (primary N) is 2. The molecule has 0 unspecified atom stereocenters. The smallest absolute Gasteiger partial charge is 0.414 e. The molecule has 2 heterocycles. The fraction of sp³-hybridized carbons (Fsp3) is 0.278. The predicted octanol–water partition coefficient (Wildman–Crippen LogP) is -0.909. The molecule has 1 saturated heterocycles. The first-order valence-corrected chi connectivity index (χ1v) is 10.9. The van der Waals surface area contributed by atoms with Crippen LogP contribution in [-0.4, -0.2) is 60.4 Å². The number of anilines is 2. The Morgan fingerprint density at radius 3 is 2.73 bits per heavy atom. The van der Waals surface area contributed by atoms with Gasteiger partial charge in [0.05, 0.1) is 12.2 Å². The van der Waals surface area contributed by atoms with Crippen molar-refractivity contribution in [3.8, 4) is 11.1 Å². The molecule has 178 valence electrons. The van der Waals surface area contributed by atoms with E-state index in [0.29, 0.717) is 11.4 Å². The van der Waals surface area contributed by atoms with Crippen molar-refractivity contribution in [1.29, 1.82) is 0 Å². The Morgan fingerprint density at radius 2 is 2.15 bits per heavy atom. The molecule has 0 saturated carbocycles. The Kier molecular flexibility index (Phi) is 7.27. The highest BCUT2D eigenvalue weighted by molar-refractivity contribution is 7.50. The fourth-order valence-corrected chi connectivity index (χ4v) is 3.35. The Bertz CT molecular complexity index is 1030. The van der Waals surface area contributed by atoms with E-state index in [0.717, 1.165) is 16.1 Å². The zero-order valence-corrected chi connectivity index (χ0v) is 18.6. The number of cyclic esters (lactones) is 1. The number of aromatic nitrogens is 1.